The largest absolute Gasteiger partial charge is 0.379 e. The number of sulfonamides is 1. The van der Waals surface area contributed by atoms with Crippen LogP contribution in [0.25, 0.3) is 0 Å². The van der Waals surface area contributed by atoms with Crippen molar-refractivity contribution in [1.29, 1.82) is 0 Å². The Morgan fingerprint density at radius 1 is 0.968 bits per heavy atom. The molecule has 9 heteroatoms. The van der Waals surface area contributed by atoms with Crippen LogP contribution in [-0.4, -0.2) is 98.5 Å². The number of benzene rings is 1. The minimum atomic E-state index is -3.55. The average Bonchev–Trinajstić information content (AvgIpc) is 3.05. The van der Waals surface area contributed by atoms with E-state index >= 15 is 0 Å². The molecule has 172 valence electrons. The zero-order valence-electron chi connectivity index (χ0n) is 18.1. The van der Waals surface area contributed by atoms with Gasteiger partial charge in [0.2, 0.25) is 10.0 Å². The van der Waals surface area contributed by atoms with Crippen molar-refractivity contribution in [2.45, 2.75) is 36.6 Å². The third-order valence-corrected chi connectivity index (χ3v) is 9.44. The van der Waals surface area contributed by atoms with Crippen LogP contribution in [-0.2, 0) is 14.8 Å². The molecule has 4 rings (SSSR count). The first kappa shape index (κ1) is 23.0. The highest BCUT2D eigenvalue weighted by Crippen LogP contribution is 2.23. The van der Waals surface area contributed by atoms with Gasteiger partial charge in [0, 0.05) is 37.5 Å². The van der Waals surface area contributed by atoms with E-state index in [-0.39, 0.29) is 16.8 Å². The number of ether oxygens (including phenoxy) is 1. The molecule has 3 aliphatic rings. The maximum absolute atomic E-state index is 13.4. The van der Waals surface area contributed by atoms with Crippen LogP contribution in [0.3, 0.4) is 0 Å². The molecule has 0 bridgehead atoms. The summed E-state index contributed by atoms with van der Waals surface area (Å²) in [4.78, 5) is 18.2. The van der Waals surface area contributed by atoms with Crippen molar-refractivity contribution in [3.05, 3.63) is 29.8 Å². The lowest BCUT2D eigenvalue weighted by Crippen LogP contribution is -2.49. The molecule has 1 amide bonds. The summed E-state index contributed by atoms with van der Waals surface area (Å²) >= 11 is 1.93. The van der Waals surface area contributed by atoms with E-state index < -0.39 is 10.0 Å². The molecule has 0 spiro atoms. The van der Waals surface area contributed by atoms with Crippen molar-refractivity contribution in [2.24, 2.45) is 0 Å². The number of rotatable bonds is 5. The average molecular weight is 468 g/mol. The van der Waals surface area contributed by atoms with E-state index in [1.165, 1.54) is 23.6 Å². The molecule has 0 aromatic heterocycles. The smallest absolute Gasteiger partial charge is 0.254 e. The molecule has 0 saturated carbocycles. The van der Waals surface area contributed by atoms with Gasteiger partial charge in [0.15, 0.2) is 0 Å². The molecule has 3 heterocycles. The quantitative estimate of drug-likeness (QED) is 0.661. The lowest BCUT2D eigenvalue weighted by Gasteiger charge is -2.35. The Bertz CT molecular complexity index is 835. The summed E-state index contributed by atoms with van der Waals surface area (Å²) in [6.45, 7) is 5.51. The Hall–Kier alpha value is -1.13. The zero-order chi connectivity index (χ0) is 21.7. The van der Waals surface area contributed by atoms with Crippen molar-refractivity contribution < 1.29 is 17.9 Å². The molecule has 0 aliphatic carbocycles. The number of nitrogens with zero attached hydrogens (tertiary/aromatic N) is 3. The minimum absolute atomic E-state index is 0.0137. The van der Waals surface area contributed by atoms with Gasteiger partial charge in [-0.1, -0.05) is 6.42 Å². The highest BCUT2D eigenvalue weighted by atomic mass is 32.2. The minimum Gasteiger partial charge on any atom is -0.379 e. The van der Waals surface area contributed by atoms with Crippen LogP contribution in [0.15, 0.2) is 29.2 Å². The Labute approximate surface area is 190 Å². The Morgan fingerprint density at radius 3 is 2.39 bits per heavy atom. The van der Waals surface area contributed by atoms with E-state index in [1.807, 2.05) is 16.7 Å². The van der Waals surface area contributed by atoms with Gasteiger partial charge < -0.3 is 14.5 Å². The lowest BCUT2D eigenvalue weighted by atomic mass is 10.1. The van der Waals surface area contributed by atoms with Crippen LogP contribution in [0.5, 0.6) is 0 Å². The second kappa shape index (κ2) is 10.7. The standard InChI is InChI=1S/C22H33N3O4S2/c26-22(25-11-4-16-30-18-20(25)17-23-9-2-1-3-10-23)19-5-7-21(8-6-19)31(27,28)24-12-14-29-15-13-24/h5-8,20H,1-4,9-18H2. The first-order valence-corrected chi connectivity index (χ1v) is 13.9. The van der Waals surface area contributed by atoms with Gasteiger partial charge in [-0.25, -0.2) is 8.42 Å². The number of piperidine rings is 1. The molecule has 3 saturated heterocycles. The van der Waals surface area contributed by atoms with E-state index in [0.717, 1.165) is 44.1 Å². The van der Waals surface area contributed by atoms with Crippen molar-refractivity contribution in [3.63, 3.8) is 0 Å². The topological polar surface area (TPSA) is 70.2 Å². The summed E-state index contributed by atoms with van der Waals surface area (Å²) in [6, 6.07) is 6.70. The predicted molar refractivity (Wildman–Crippen MR) is 123 cm³/mol. The summed E-state index contributed by atoms with van der Waals surface area (Å²) in [6.07, 6.45) is 4.79. The Balaban J connectivity index is 1.47. The van der Waals surface area contributed by atoms with Crippen LogP contribution in [0, 0.1) is 0 Å². The molecular weight excluding hydrogens is 434 g/mol. The number of likely N-dealkylation sites (tertiary alicyclic amines) is 1. The van der Waals surface area contributed by atoms with Gasteiger partial charge in [-0.15, -0.1) is 0 Å². The molecular formula is C22H33N3O4S2. The van der Waals surface area contributed by atoms with Gasteiger partial charge >= 0.3 is 0 Å². The SMILES string of the molecule is O=C(c1ccc(S(=O)(=O)N2CCOCC2)cc1)N1CCCSCC1CN1CCCCC1. The fourth-order valence-electron chi connectivity index (χ4n) is 4.56. The summed E-state index contributed by atoms with van der Waals surface area (Å²) in [7, 11) is -3.55. The van der Waals surface area contributed by atoms with Crippen molar-refractivity contribution in [2.75, 3.05) is 64.0 Å². The molecule has 1 aromatic carbocycles. The van der Waals surface area contributed by atoms with Crippen LogP contribution >= 0.6 is 11.8 Å². The monoisotopic (exact) mass is 467 g/mol. The van der Waals surface area contributed by atoms with E-state index in [9.17, 15) is 13.2 Å². The van der Waals surface area contributed by atoms with Gasteiger partial charge in [-0.2, -0.15) is 16.1 Å². The molecule has 1 unspecified atom stereocenters. The van der Waals surface area contributed by atoms with E-state index in [1.54, 1.807) is 24.3 Å². The highest BCUT2D eigenvalue weighted by Gasteiger charge is 2.30. The number of carbonyl (C=O) groups excluding carboxylic acids is 1. The lowest BCUT2D eigenvalue weighted by molar-refractivity contribution is 0.0645. The van der Waals surface area contributed by atoms with Crippen molar-refractivity contribution >= 4 is 27.7 Å². The molecule has 0 radical (unpaired) electrons. The maximum Gasteiger partial charge on any atom is 0.254 e. The fraction of sp³-hybridized carbons (Fsp3) is 0.682. The van der Waals surface area contributed by atoms with Crippen LogP contribution in [0.2, 0.25) is 0 Å². The fourth-order valence-corrected chi connectivity index (χ4v) is 7.02. The van der Waals surface area contributed by atoms with Gasteiger partial charge in [-0.3, -0.25) is 4.79 Å². The molecule has 0 N–H and O–H groups in total. The van der Waals surface area contributed by atoms with Crippen molar-refractivity contribution in [1.82, 2.24) is 14.1 Å². The molecule has 3 fully saturated rings. The van der Waals surface area contributed by atoms with Crippen LogP contribution in [0.4, 0.5) is 0 Å². The number of carbonyl (C=O) groups is 1. The molecule has 31 heavy (non-hydrogen) atoms. The summed E-state index contributed by atoms with van der Waals surface area (Å²) in [5.74, 6) is 2.06. The number of hydrogen-bond acceptors (Lipinski definition) is 6. The predicted octanol–water partition coefficient (Wildman–Crippen LogP) is 2.14. The zero-order valence-corrected chi connectivity index (χ0v) is 19.7. The first-order chi connectivity index (χ1) is 15.1. The van der Waals surface area contributed by atoms with Crippen LogP contribution in [0.1, 0.15) is 36.0 Å². The summed E-state index contributed by atoms with van der Waals surface area (Å²) in [5, 5.41) is 0. The van der Waals surface area contributed by atoms with Gasteiger partial charge in [-0.05, 0) is 62.4 Å². The maximum atomic E-state index is 13.4. The van der Waals surface area contributed by atoms with E-state index in [4.69, 9.17) is 4.74 Å². The van der Waals surface area contributed by atoms with Gasteiger partial charge in [0.25, 0.3) is 5.91 Å². The normalized spacial score (nSPS) is 24.6. The third kappa shape index (κ3) is 5.63. The molecule has 1 atom stereocenters. The second-order valence-electron chi connectivity index (χ2n) is 8.48. The van der Waals surface area contributed by atoms with Crippen LogP contribution < -0.4 is 0 Å². The van der Waals surface area contributed by atoms with Crippen molar-refractivity contribution in [3.8, 4) is 0 Å². The molecule has 3 aliphatic heterocycles. The number of amides is 1. The van der Waals surface area contributed by atoms with Gasteiger partial charge in [0.1, 0.15) is 0 Å². The third-order valence-electron chi connectivity index (χ3n) is 6.33. The van der Waals surface area contributed by atoms with E-state index in [0.29, 0.717) is 31.9 Å². The Kier molecular flexibility index (Phi) is 7.92. The summed E-state index contributed by atoms with van der Waals surface area (Å²) in [5.41, 5.74) is 0.566. The second-order valence-corrected chi connectivity index (χ2v) is 11.6. The number of hydrogen-bond donors (Lipinski definition) is 0. The molecule has 7 nitrogen and oxygen atoms in total. The van der Waals surface area contributed by atoms with Gasteiger partial charge in [0.05, 0.1) is 24.2 Å². The highest BCUT2D eigenvalue weighted by molar-refractivity contribution is 7.99. The first-order valence-electron chi connectivity index (χ1n) is 11.3. The summed E-state index contributed by atoms with van der Waals surface area (Å²) < 4.78 is 32.4. The van der Waals surface area contributed by atoms with E-state index in [2.05, 4.69) is 4.90 Å². The molecule has 1 aromatic rings. The number of thioether (sulfide) groups is 1. The Morgan fingerprint density at radius 2 is 1.68 bits per heavy atom. The number of morpholine rings is 1.